The second kappa shape index (κ2) is 5.51. The van der Waals surface area contributed by atoms with Crippen molar-refractivity contribution in [2.75, 3.05) is 20.1 Å². The zero-order valence-corrected chi connectivity index (χ0v) is 9.14. The number of rotatable bonds is 3. The Balaban J connectivity index is 2.46. The van der Waals surface area contributed by atoms with E-state index in [-0.39, 0.29) is 18.6 Å². The highest BCUT2D eigenvalue weighted by molar-refractivity contribution is 6.56. The van der Waals surface area contributed by atoms with Gasteiger partial charge >= 0.3 is 6.17 Å². The molecule has 16 heavy (non-hydrogen) atoms. The molecule has 6 nitrogen and oxygen atoms in total. The number of hydrogen-bond acceptors (Lipinski definition) is 3. The highest BCUT2D eigenvalue weighted by Crippen LogP contribution is 2.18. The van der Waals surface area contributed by atoms with E-state index < -0.39 is 5.81 Å². The Morgan fingerprint density at radius 1 is 1.69 bits per heavy atom. The second-order valence-electron chi connectivity index (χ2n) is 3.67. The third-order valence-corrected chi connectivity index (χ3v) is 2.36. The molecule has 1 aliphatic heterocycles. The zero-order chi connectivity index (χ0) is 12.1. The molecule has 1 N–H and O–H groups in total. The third kappa shape index (κ3) is 3.24. The van der Waals surface area contributed by atoms with Crippen LogP contribution in [0, 0.1) is 6.57 Å². The van der Waals surface area contributed by atoms with Crippen LogP contribution in [0.25, 0.3) is 4.85 Å². The molecule has 84 valence electrons. The normalized spacial score (nSPS) is 19.6. The fourth-order valence-corrected chi connectivity index (χ4v) is 1.70. The lowest BCUT2D eigenvalue weighted by Crippen LogP contribution is -2.46. The van der Waals surface area contributed by atoms with Crippen molar-refractivity contribution < 1.29 is 9.59 Å². The molecular formula is C9H13BN4O2. The fourth-order valence-electron chi connectivity index (χ4n) is 1.70. The summed E-state index contributed by atoms with van der Waals surface area (Å²) >= 11 is 0. The summed E-state index contributed by atoms with van der Waals surface area (Å²) in [6.07, 6.45) is 1.22. The van der Waals surface area contributed by atoms with Gasteiger partial charge in [0, 0.05) is 20.0 Å². The minimum atomic E-state index is -0.710. The molecule has 7 heteroatoms. The number of amides is 2. The van der Waals surface area contributed by atoms with E-state index in [0.29, 0.717) is 6.54 Å². The van der Waals surface area contributed by atoms with Crippen molar-refractivity contribution >= 4 is 19.6 Å². The summed E-state index contributed by atoms with van der Waals surface area (Å²) in [5.74, 6) is -0.881. The average molecular weight is 220 g/mol. The SMILES string of the molecule is [B]C(=O)NN(C)CC(=O)N1CCCC1[N+]#[C-]. The maximum atomic E-state index is 11.8. The van der Waals surface area contributed by atoms with Crippen LogP contribution in [0.15, 0.2) is 0 Å². The molecule has 1 fully saturated rings. The van der Waals surface area contributed by atoms with E-state index >= 15 is 0 Å². The number of nitrogens with one attached hydrogen (secondary N) is 1. The molecule has 1 atom stereocenters. The topological polar surface area (TPSA) is 57.0 Å². The molecule has 0 aromatic carbocycles. The molecule has 2 amide bonds. The Kier molecular flexibility index (Phi) is 4.32. The summed E-state index contributed by atoms with van der Waals surface area (Å²) in [5.41, 5.74) is 2.28. The van der Waals surface area contributed by atoms with E-state index in [2.05, 4.69) is 10.3 Å². The molecule has 0 aliphatic carbocycles. The van der Waals surface area contributed by atoms with Crippen LogP contribution in [-0.2, 0) is 4.79 Å². The van der Waals surface area contributed by atoms with Crippen molar-refractivity contribution in [1.29, 1.82) is 0 Å². The lowest BCUT2D eigenvalue weighted by molar-refractivity contribution is -0.132. The number of likely N-dealkylation sites (N-methyl/N-ethyl adjacent to an activating group) is 1. The van der Waals surface area contributed by atoms with Crippen LogP contribution in [-0.4, -0.2) is 55.8 Å². The van der Waals surface area contributed by atoms with Crippen LogP contribution >= 0.6 is 0 Å². The molecular weight excluding hydrogens is 207 g/mol. The van der Waals surface area contributed by atoms with Crippen molar-refractivity contribution in [2.45, 2.75) is 19.0 Å². The van der Waals surface area contributed by atoms with Gasteiger partial charge in [0.15, 0.2) is 5.81 Å². The lowest BCUT2D eigenvalue weighted by Gasteiger charge is -2.21. The third-order valence-electron chi connectivity index (χ3n) is 2.36. The van der Waals surface area contributed by atoms with Gasteiger partial charge < -0.3 is 0 Å². The Morgan fingerprint density at radius 2 is 2.38 bits per heavy atom. The predicted molar refractivity (Wildman–Crippen MR) is 58.3 cm³/mol. The van der Waals surface area contributed by atoms with Crippen molar-refractivity contribution in [3.05, 3.63) is 11.4 Å². The number of carbonyl (C=O) groups excluding carboxylic acids is 2. The first-order valence-corrected chi connectivity index (χ1v) is 4.98. The van der Waals surface area contributed by atoms with Gasteiger partial charge in [-0.15, -0.1) is 0 Å². The molecule has 0 aromatic rings. The van der Waals surface area contributed by atoms with Gasteiger partial charge in [-0.2, -0.15) is 0 Å². The predicted octanol–water partition coefficient (Wildman–Crippen LogP) is -0.421. The summed E-state index contributed by atoms with van der Waals surface area (Å²) in [5, 5.41) is 1.31. The van der Waals surface area contributed by atoms with E-state index in [4.69, 9.17) is 14.4 Å². The standard InChI is InChI=1S/C9H13BN4O2/c1-11-7-4-3-5-14(7)8(15)6-13(2)12-9(10)16/h7H,3-6H2,2H3,(H,12,16). The smallest absolute Gasteiger partial charge is 0.299 e. The van der Waals surface area contributed by atoms with Gasteiger partial charge in [-0.3, -0.25) is 24.8 Å². The number of carbonyl (C=O) groups is 2. The van der Waals surface area contributed by atoms with Crippen LogP contribution in [0.5, 0.6) is 0 Å². The van der Waals surface area contributed by atoms with E-state index in [1.54, 1.807) is 7.05 Å². The first kappa shape index (κ1) is 12.5. The summed E-state index contributed by atoms with van der Waals surface area (Å²) in [4.78, 5) is 27.2. The molecule has 0 bridgehead atoms. The molecule has 2 radical (unpaired) electrons. The van der Waals surface area contributed by atoms with Crippen molar-refractivity contribution in [3.8, 4) is 0 Å². The van der Waals surface area contributed by atoms with Gasteiger partial charge in [-0.25, -0.2) is 11.6 Å². The quantitative estimate of drug-likeness (QED) is 0.399. The fraction of sp³-hybridized carbons (Fsp3) is 0.667. The van der Waals surface area contributed by atoms with E-state index in [1.165, 1.54) is 9.91 Å². The van der Waals surface area contributed by atoms with Gasteiger partial charge in [0.05, 0.1) is 6.54 Å². The first-order valence-electron chi connectivity index (χ1n) is 4.98. The lowest BCUT2D eigenvalue weighted by atomic mass is 10.1. The van der Waals surface area contributed by atoms with Crippen molar-refractivity contribution in [2.24, 2.45) is 0 Å². The van der Waals surface area contributed by atoms with Crippen LogP contribution in [0.4, 0.5) is 4.79 Å². The highest BCUT2D eigenvalue weighted by atomic mass is 16.2. The van der Waals surface area contributed by atoms with Crippen LogP contribution in [0.2, 0.25) is 0 Å². The Hall–Kier alpha value is -1.55. The number of likely N-dealkylation sites (tertiary alicyclic amines) is 1. The number of hydrogen-bond donors (Lipinski definition) is 1. The highest BCUT2D eigenvalue weighted by Gasteiger charge is 2.33. The van der Waals surface area contributed by atoms with Crippen molar-refractivity contribution in [1.82, 2.24) is 15.3 Å². The summed E-state index contributed by atoms with van der Waals surface area (Å²) in [6, 6.07) is 0. The monoisotopic (exact) mass is 220 g/mol. The minimum absolute atomic E-state index is 0.0228. The van der Waals surface area contributed by atoms with Gasteiger partial charge in [0.2, 0.25) is 13.8 Å². The van der Waals surface area contributed by atoms with Crippen LogP contribution in [0.1, 0.15) is 12.8 Å². The molecule has 1 rings (SSSR count). The zero-order valence-electron chi connectivity index (χ0n) is 9.14. The number of hydrazine groups is 1. The van der Waals surface area contributed by atoms with Crippen LogP contribution in [0.3, 0.4) is 0 Å². The largest absolute Gasteiger partial charge is 0.300 e. The molecule has 1 aliphatic rings. The van der Waals surface area contributed by atoms with E-state index in [9.17, 15) is 9.59 Å². The Labute approximate surface area is 95.8 Å². The molecule has 1 unspecified atom stereocenters. The summed E-state index contributed by atoms with van der Waals surface area (Å²) < 4.78 is 0. The molecule has 0 aromatic heterocycles. The van der Waals surface area contributed by atoms with Crippen LogP contribution < -0.4 is 5.43 Å². The first-order chi connectivity index (χ1) is 7.54. The summed E-state index contributed by atoms with van der Waals surface area (Å²) in [6.45, 7) is 7.58. The summed E-state index contributed by atoms with van der Waals surface area (Å²) in [7, 11) is 6.46. The average Bonchev–Trinajstić information content (AvgIpc) is 2.63. The maximum Gasteiger partial charge on any atom is 0.300 e. The number of nitrogens with zero attached hydrogens (tertiary/aromatic N) is 3. The van der Waals surface area contributed by atoms with Crippen molar-refractivity contribution in [3.63, 3.8) is 0 Å². The molecule has 1 heterocycles. The second-order valence-corrected chi connectivity index (χ2v) is 3.67. The minimum Gasteiger partial charge on any atom is -0.299 e. The van der Waals surface area contributed by atoms with Gasteiger partial charge in [-0.1, -0.05) is 0 Å². The molecule has 0 spiro atoms. The van der Waals surface area contributed by atoms with Gasteiger partial charge in [0.25, 0.3) is 0 Å². The molecule has 0 saturated carbocycles. The van der Waals surface area contributed by atoms with E-state index in [1.807, 2.05) is 0 Å². The van der Waals surface area contributed by atoms with E-state index in [0.717, 1.165) is 12.8 Å². The maximum absolute atomic E-state index is 11.8. The van der Waals surface area contributed by atoms with Gasteiger partial charge in [0.1, 0.15) is 0 Å². The Morgan fingerprint density at radius 3 is 2.94 bits per heavy atom. The molecule has 1 saturated heterocycles. The van der Waals surface area contributed by atoms with Gasteiger partial charge in [-0.05, 0) is 6.42 Å². The Bertz CT molecular complexity index is 328.